The van der Waals surface area contributed by atoms with E-state index in [1.165, 1.54) is 4.90 Å². The van der Waals surface area contributed by atoms with Crippen LogP contribution in [0.4, 0.5) is 23.7 Å². The highest BCUT2D eigenvalue weighted by Gasteiger charge is 2.24. The maximum Gasteiger partial charge on any atom is 0.322 e. The lowest BCUT2D eigenvalue weighted by Crippen LogP contribution is -2.36. The van der Waals surface area contributed by atoms with Gasteiger partial charge >= 0.3 is 6.03 Å². The third kappa shape index (κ3) is 6.15. The Balaban J connectivity index is 1.50. The van der Waals surface area contributed by atoms with Crippen LogP contribution in [0.5, 0.6) is 0 Å². The van der Waals surface area contributed by atoms with Crippen molar-refractivity contribution in [3.05, 3.63) is 124 Å². The highest BCUT2D eigenvalue weighted by Crippen LogP contribution is 2.37. The predicted molar refractivity (Wildman–Crippen MR) is 152 cm³/mol. The number of furan rings is 1. The van der Waals surface area contributed by atoms with Crippen molar-refractivity contribution in [3.63, 3.8) is 0 Å². The first kappa shape index (κ1) is 27.3. The summed E-state index contributed by atoms with van der Waals surface area (Å²) in [6.45, 7) is 2.27. The average Bonchev–Trinajstić information content (AvgIpc) is 3.28. The lowest BCUT2D eigenvalue weighted by molar-refractivity contribution is 0.204. The van der Waals surface area contributed by atoms with E-state index in [0.717, 1.165) is 27.6 Å². The van der Waals surface area contributed by atoms with Crippen LogP contribution < -0.4 is 5.32 Å². The van der Waals surface area contributed by atoms with Crippen molar-refractivity contribution in [1.29, 1.82) is 0 Å². The fourth-order valence-electron chi connectivity index (χ4n) is 4.70. The largest absolute Gasteiger partial charge is 0.459 e. The number of hydrogen-bond donors (Lipinski definition) is 1. The Morgan fingerprint density at radius 3 is 2.33 bits per heavy atom. The van der Waals surface area contributed by atoms with Crippen molar-refractivity contribution in [1.82, 2.24) is 4.90 Å². The molecule has 0 atom stereocenters. The number of halogens is 4. The summed E-state index contributed by atoms with van der Waals surface area (Å²) in [6, 6.07) is 23.2. The van der Waals surface area contributed by atoms with Gasteiger partial charge in [0.2, 0.25) is 0 Å². The van der Waals surface area contributed by atoms with Crippen LogP contribution in [0.15, 0.2) is 89.3 Å². The van der Waals surface area contributed by atoms with Crippen LogP contribution >= 0.6 is 11.6 Å². The molecule has 0 spiro atoms. The first-order valence-electron chi connectivity index (χ1n) is 12.8. The van der Waals surface area contributed by atoms with Gasteiger partial charge in [-0.2, -0.15) is 0 Å². The molecule has 0 saturated heterocycles. The maximum atomic E-state index is 14.4. The summed E-state index contributed by atoms with van der Waals surface area (Å²) in [5.41, 5.74) is 3.72. The molecule has 5 rings (SSSR count). The second-order valence-corrected chi connectivity index (χ2v) is 10.0. The summed E-state index contributed by atoms with van der Waals surface area (Å²) in [7, 11) is 0. The van der Waals surface area contributed by atoms with Gasteiger partial charge in [0.1, 0.15) is 22.8 Å². The van der Waals surface area contributed by atoms with Gasteiger partial charge in [0, 0.05) is 34.6 Å². The third-order valence-corrected chi connectivity index (χ3v) is 6.90. The molecule has 2 amide bonds. The number of benzene rings is 4. The molecule has 0 radical (unpaired) electrons. The highest BCUT2D eigenvalue weighted by molar-refractivity contribution is 6.30. The molecule has 0 aliphatic rings. The van der Waals surface area contributed by atoms with Gasteiger partial charge in [0.25, 0.3) is 0 Å². The molecule has 4 nitrogen and oxygen atoms in total. The fourth-order valence-corrected chi connectivity index (χ4v) is 4.82. The van der Waals surface area contributed by atoms with E-state index in [1.54, 1.807) is 12.1 Å². The molecule has 1 aromatic heterocycles. The average molecular weight is 563 g/mol. The summed E-state index contributed by atoms with van der Waals surface area (Å²) in [5.74, 6) is -2.96. The molecule has 0 aliphatic heterocycles. The standard InChI is InChI=1S/C32H26ClF3N2O2/c1-20-9-14-28-25(16-20)30(22-10-12-23(33)13-11-22)29(40-28)19-38(15-5-8-21-6-3-2-4-7-21)32(39)37-31-26(35)17-24(34)18-27(31)36/h2-4,6-7,9-14,16-18H,5,8,15,19H2,1H3,(H,37,39). The van der Waals surface area contributed by atoms with E-state index in [0.29, 0.717) is 41.3 Å². The first-order valence-corrected chi connectivity index (χ1v) is 13.2. The number of carbonyl (C=O) groups excluding carboxylic acids is 1. The van der Waals surface area contributed by atoms with Crippen LogP contribution in [-0.4, -0.2) is 17.5 Å². The van der Waals surface area contributed by atoms with Crippen molar-refractivity contribution < 1.29 is 22.4 Å². The number of carbonyl (C=O) groups is 1. The van der Waals surface area contributed by atoms with Crippen LogP contribution in [0.2, 0.25) is 5.02 Å². The van der Waals surface area contributed by atoms with Crippen LogP contribution in [0, 0.1) is 24.4 Å². The van der Waals surface area contributed by atoms with Gasteiger partial charge in [-0.15, -0.1) is 0 Å². The Kier molecular flexibility index (Phi) is 8.12. The number of rotatable bonds is 8. The second kappa shape index (κ2) is 11.9. The minimum atomic E-state index is -1.20. The Bertz CT molecular complexity index is 1630. The van der Waals surface area contributed by atoms with Gasteiger partial charge < -0.3 is 14.6 Å². The number of urea groups is 1. The Morgan fingerprint density at radius 1 is 0.925 bits per heavy atom. The number of anilines is 1. The van der Waals surface area contributed by atoms with Gasteiger partial charge in [0.05, 0.1) is 6.54 Å². The normalized spacial score (nSPS) is 11.1. The van der Waals surface area contributed by atoms with E-state index in [9.17, 15) is 18.0 Å². The Morgan fingerprint density at radius 2 is 1.62 bits per heavy atom. The smallest absolute Gasteiger partial charge is 0.322 e. The number of hydrogen-bond acceptors (Lipinski definition) is 2. The zero-order valence-corrected chi connectivity index (χ0v) is 22.4. The summed E-state index contributed by atoms with van der Waals surface area (Å²) >= 11 is 6.13. The van der Waals surface area contributed by atoms with Crippen molar-refractivity contribution in [3.8, 4) is 11.1 Å². The van der Waals surface area contributed by atoms with Crippen LogP contribution in [0.3, 0.4) is 0 Å². The first-order chi connectivity index (χ1) is 19.3. The summed E-state index contributed by atoms with van der Waals surface area (Å²) in [6.07, 6.45) is 1.27. The van der Waals surface area contributed by atoms with Crippen LogP contribution in [-0.2, 0) is 13.0 Å². The van der Waals surface area contributed by atoms with Crippen LogP contribution in [0.25, 0.3) is 22.1 Å². The summed E-state index contributed by atoms with van der Waals surface area (Å²) < 4.78 is 48.5. The minimum Gasteiger partial charge on any atom is -0.459 e. The van der Waals surface area contributed by atoms with Crippen molar-refractivity contribution in [2.45, 2.75) is 26.3 Å². The fraction of sp³-hybridized carbons (Fsp3) is 0.156. The number of nitrogens with one attached hydrogen (secondary N) is 1. The molecule has 0 fully saturated rings. The van der Waals surface area contributed by atoms with E-state index in [2.05, 4.69) is 5.32 Å². The van der Waals surface area contributed by atoms with E-state index in [4.69, 9.17) is 16.0 Å². The van der Waals surface area contributed by atoms with Gasteiger partial charge in [-0.05, 0) is 55.2 Å². The number of fused-ring (bicyclic) bond motifs is 1. The molecule has 1 heterocycles. The molecule has 0 aliphatic carbocycles. The second-order valence-electron chi connectivity index (χ2n) is 9.59. The molecule has 40 heavy (non-hydrogen) atoms. The van der Waals surface area contributed by atoms with Crippen molar-refractivity contribution in [2.75, 3.05) is 11.9 Å². The van der Waals surface area contributed by atoms with Crippen molar-refractivity contribution in [2.24, 2.45) is 0 Å². The number of aryl methyl sites for hydroxylation is 2. The molecular formula is C32H26ClF3N2O2. The molecule has 204 valence electrons. The monoisotopic (exact) mass is 562 g/mol. The molecule has 0 unspecified atom stereocenters. The quantitative estimate of drug-likeness (QED) is 0.205. The Hall–Kier alpha value is -4.23. The van der Waals surface area contributed by atoms with E-state index < -0.39 is 29.2 Å². The molecule has 0 bridgehead atoms. The molecule has 0 saturated carbocycles. The van der Waals surface area contributed by atoms with Gasteiger partial charge in [-0.3, -0.25) is 0 Å². The van der Waals surface area contributed by atoms with Gasteiger partial charge in [0.15, 0.2) is 11.6 Å². The summed E-state index contributed by atoms with van der Waals surface area (Å²) in [5, 5.41) is 3.75. The van der Waals surface area contributed by atoms with Gasteiger partial charge in [-0.25, -0.2) is 18.0 Å². The molecule has 4 aromatic carbocycles. The molecule has 1 N–H and O–H groups in total. The zero-order chi connectivity index (χ0) is 28.2. The van der Waals surface area contributed by atoms with E-state index in [1.807, 2.05) is 67.6 Å². The van der Waals surface area contributed by atoms with E-state index in [-0.39, 0.29) is 13.1 Å². The SMILES string of the molecule is Cc1ccc2oc(CN(CCCc3ccccc3)C(=O)Nc3c(F)cc(F)cc3F)c(-c3ccc(Cl)cc3)c2c1. The van der Waals surface area contributed by atoms with Crippen molar-refractivity contribution >= 4 is 34.3 Å². The van der Waals surface area contributed by atoms with Crippen LogP contribution in [0.1, 0.15) is 23.3 Å². The Labute approximate surface area is 235 Å². The highest BCUT2D eigenvalue weighted by atomic mass is 35.5. The molecule has 8 heteroatoms. The maximum absolute atomic E-state index is 14.4. The molecular weight excluding hydrogens is 537 g/mol. The predicted octanol–water partition coefficient (Wildman–Crippen LogP) is 9.15. The topological polar surface area (TPSA) is 45.5 Å². The number of amides is 2. The third-order valence-electron chi connectivity index (χ3n) is 6.65. The van der Waals surface area contributed by atoms with Gasteiger partial charge in [-0.1, -0.05) is 65.7 Å². The lowest BCUT2D eigenvalue weighted by Gasteiger charge is -2.23. The molecule has 5 aromatic rings. The summed E-state index contributed by atoms with van der Waals surface area (Å²) in [4.78, 5) is 14.9. The lowest BCUT2D eigenvalue weighted by atomic mass is 10.0. The van der Waals surface area contributed by atoms with E-state index >= 15 is 0 Å². The number of nitrogens with zero attached hydrogens (tertiary/aromatic N) is 1. The minimum absolute atomic E-state index is 0.0245. The zero-order valence-electron chi connectivity index (χ0n) is 21.7.